The molecule has 1 aromatic heterocycles. The summed E-state index contributed by atoms with van der Waals surface area (Å²) in [6, 6.07) is 5.35. The molecule has 4 nitrogen and oxygen atoms in total. The zero-order chi connectivity index (χ0) is 13.0. The van der Waals surface area contributed by atoms with E-state index in [4.69, 9.17) is 9.26 Å². The van der Waals surface area contributed by atoms with E-state index in [1.54, 1.807) is 12.1 Å². The number of fused-ring (bicyclic) bond motifs is 1. The highest BCUT2D eigenvalue weighted by Gasteiger charge is 2.12. The van der Waals surface area contributed by atoms with Crippen molar-refractivity contribution < 1.29 is 14.1 Å². The molecular weight excluding hydrogens is 230 g/mol. The number of ether oxygens (including phenoxy) is 1. The van der Waals surface area contributed by atoms with E-state index in [1.165, 1.54) is 6.42 Å². The summed E-state index contributed by atoms with van der Waals surface area (Å²) >= 11 is 0. The monoisotopic (exact) mass is 246 g/mol. The number of ketones is 1. The lowest BCUT2D eigenvalue weighted by molar-refractivity contribution is 0.103. The maximum atomic E-state index is 11.2. The van der Waals surface area contributed by atoms with Gasteiger partial charge in [0, 0.05) is 13.0 Å². The molecule has 95 valence electrons. The van der Waals surface area contributed by atoms with Crippen molar-refractivity contribution in [2.75, 3.05) is 6.61 Å². The van der Waals surface area contributed by atoms with E-state index in [0.717, 1.165) is 18.6 Å². The van der Waals surface area contributed by atoms with Gasteiger partial charge in [-0.05, 0) is 18.6 Å². The Hall–Kier alpha value is -1.84. The minimum absolute atomic E-state index is 0.266. The van der Waals surface area contributed by atoms with Crippen LogP contribution < -0.4 is 4.74 Å². The summed E-state index contributed by atoms with van der Waals surface area (Å²) in [6.45, 7) is 6.17. The number of unbranched alkanes of at least 4 members (excludes halogenated alkanes) is 2. The van der Waals surface area contributed by atoms with Crippen molar-refractivity contribution in [2.24, 2.45) is 0 Å². The van der Waals surface area contributed by atoms with Gasteiger partial charge in [0.15, 0.2) is 17.1 Å². The molecule has 0 amide bonds. The maximum Gasteiger partial charge on any atom is 0.185 e. The Morgan fingerprint density at radius 2 is 2.28 bits per heavy atom. The van der Waals surface area contributed by atoms with E-state index in [1.807, 2.05) is 6.07 Å². The second kappa shape index (κ2) is 5.67. The summed E-state index contributed by atoms with van der Waals surface area (Å²) in [7, 11) is 0. The molecule has 1 radical (unpaired) electrons. The fraction of sp³-hybridized carbons (Fsp3) is 0.357. The van der Waals surface area contributed by atoms with E-state index < -0.39 is 0 Å². The van der Waals surface area contributed by atoms with Gasteiger partial charge >= 0.3 is 0 Å². The van der Waals surface area contributed by atoms with Gasteiger partial charge in [-0.25, -0.2) is 0 Å². The first-order chi connectivity index (χ1) is 8.72. The predicted octanol–water partition coefficient (Wildman–Crippen LogP) is 3.41. The smallest absolute Gasteiger partial charge is 0.185 e. The average molecular weight is 246 g/mol. The van der Waals surface area contributed by atoms with E-state index >= 15 is 0 Å². The number of hydrogen-bond acceptors (Lipinski definition) is 4. The van der Waals surface area contributed by atoms with Crippen LogP contribution in [-0.2, 0) is 0 Å². The lowest BCUT2D eigenvalue weighted by Crippen LogP contribution is -1.97. The lowest BCUT2D eigenvalue weighted by Gasteiger charge is -2.04. The summed E-state index contributed by atoms with van der Waals surface area (Å²) < 4.78 is 10.7. The van der Waals surface area contributed by atoms with Crippen molar-refractivity contribution in [2.45, 2.75) is 26.2 Å². The number of nitrogens with zero attached hydrogens (tertiary/aromatic N) is 1. The SMILES string of the molecule is [CH2]C(=O)c1noc2cc(OCCCCC)ccc12. The Morgan fingerprint density at radius 3 is 3.00 bits per heavy atom. The standard InChI is InChI=1S/C14H16NO3/c1-3-4-5-8-17-11-6-7-12-13(9-11)18-15-14(12)10(2)16/h6-7,9H,2-5,8H2,1H3. The number of carbonyl (C=O) groups is 1. The van der Waals surface area contributed by atoms with Crippen LogP contribution in [0.1, 0.15) is 36.7 Å². The van der Waals surface area contributed by atoms with Crippen molar-refractivity contribution in [1.29, 1.82) is 0 Å². The normalized spacial score (nSPS) is 10.8. The number of aromatic nitrogens is 1. The third kappa shape index (κ3) is 2.70. The van der Waals surface area contributed by atoms with Crippen LogP contribution in [0.5, 0.6) is 5.75 Å². The summed E-state index contributed by atoms with van der Waals surface area (Å²) in [5.41, 5.74) is 0.817. The maximum absolute atomic E-state index is 11.2. The van der Waals surface area contributed by atoms with Crippen molar-refractivity contribution in [3.05, 3.63) is 30.8 Å². The quantitative estimate of drug-likeness (QED) is 0.579. The topological polar surface area (TPSA) is 52.3 Å². The van der Waals surface area contributed by atoms with Crippen LogP contribution in [0.2, 0.25) is 0 Å². The number of hydrogen-bond donors (Lipinski definition) is 0. The highest BCUT2D eigenvalue weighted by atomic mass is 16.5. The van der Waals surface area contributed by atoms with Crippen molar-refractivity contribution in [3.63, 3.8) is 0 Å². The molecule has 0 saturated carbocycles. The van der Waals surface area contributed by atoms with Gasteiger partial charge in [-0.2, -0.15) is 0 Å². The largest absolute Gasteiger partial charge is 0.493 e. The molecule has 18 heavy (non-hydrogen) atoms. The molecule has 0 bridgehead atoms. The van der Waals surface area contributed by atoms with Crippen LogP contribution in [0, 0.1) is 6.92 Å². The van der Waals surface area contributed by atoms with Crippen LogP contribution in [0.3, 0.4) is 0 Å². The molecule has 2 rings (SSSR count). The minimum Gasteiger partial charge on any atom is -0.493 e. The van der Waals surface area contributed by atoms with E-state index in [0.29, 0.717) is 17.6 Å². The lowest BCUT2D eigenvalue weighted by atomic mass is 10.1. The molecule has 2 aromatic rings. The Balaban J connectivity index is 2.11. The molecule has 0 fully saturated rings. The van der Waals surface area contributed by atoms with Crippen molar-refractivity contribution in [3.8, 4) is 5.75 Å². The Morgan fingerprint density at radius 1 is 1.44 bits per heavy atom. The van der Waals surface area contributed by atoms with Crippen LogP contribution >= 0.6 is 0 Å². The first kappa shape index (κ1) is 12.6. The van der Waals surface area contributed by atoms with Gasteiger partial charge in [-0.3, -0.25) is 4.79 Å². The average Bonchev–Trinajstić information content (AvgIpc) is 2.77. The molecule has 0 N–H and O–H groups in total. The van der Waals surface area contributed by atoms with E-state index in [-0.39, 0.29) is 11.5 Å². The van der Waals surface area contributed by atoms with Gasteiger partial charge < -0.3 is 9.26 Å². The second-order valence-corrected chi connectivity index (χ2v) is 4.17. The molecule has 0 saturated heterocycles. The third-order valence-electron chi connectivity index (χ3n) is 2.72. The molecule has 0 atom stereocenters. The Bertz CT molecular complexity index is 545. The summed E-state index contributed by atoms with van der Waals surface area (Å²) in [4.78, 5) is 11.2. The van der Waals surface area contributed by atoms with Crippen molar-refractivity contribution in [1.82, 2.24) is 5.16 Å². The summed E-state index contributed by atoms with van der Waals surface area (Å²) in [6.07, 6.45) is 3.36. The fourth-order valence-electron chi connectivity index (χ4n) is 1.75. The molecule has 1 heterocycles. The first-order valence-corrected chi connectivity index (χ1v) is 6.11. The highest BCUT2D eigenvalue weighted by Crippen LogP contribution is 2.24. The second-order valence-electron chi connectivity index (χ2n) is 4.17. The molecule has 0 aliphatic carbocycles. The molecule has 4 heteroatoms. The fourth-order valence-corrected chi connectivity index (χ4v) is 1.75. The molecule has 1 aromatic carbocycles. The molecule has 0 spiro atoms. The Labute approximate surface area is 106 Å². The van der Waals surface area contributed by atoms with Gasteiger partial charge in [0.25, 0.3) is 0 Å². The van der Waals surface area contributed by atoms with Crippen molar-refractivity contribution >= 4 is 16.8 Å². The van der Waals surface area contributed by atoms with Crippen LogP contribution in [0.15, 0.2) is 22.7 Å². The number of carbonyl (C=O) groups excluding carboxylic acids is 1. The number of benzene rings is 1. The molecule has 0 unspecified atom stereocenters. The van der Waals surface area contributed by atoms with Gasteiger partial charge in [0.05, 0.1) is 12.0 Å². The molecule has 0 aliphatic rings. The van der Waals surface area contributed by atoms with Crippen LogP contribution in [0.4, 0.5) is 0 Å². The minimum atomic E-state index is -0.342. The highest BCUT2D eigenvalue weighted by molar-refractivity contribution is 6.07. The molecule has 0 aliphatic heterocycles. The van der Waals surface area contributed by atoms with Gasteiger partial charge in [-0.15, -0.1) is 0 Å². The van der Waals surface area contributed by atoms with E-state index in [9.17, 15) is 4.79 Å². The van der Waals surface area contributed by atoms with Crippen LogP contribution in [-0.4, -0.2) is 17.5 Å². The van der Waals surface area contributed by atoms with Gasteiger partial charge in [0.1, 0.15) is 5.75 Å². The third-order valence-corrected chi connectivity index (χ3v) is 2.72. The number of Topliss-reactive ketones (excluding diaryl/α,β-unsaturated/α-hetero) is 1. The van der Waals surface area contributed by atoms with Gasteiger partial charge in [0.2, 0.25) is 0 Å². The number of rotatable bonds is 6. The molecular formula is C14H16NO3. The first-order valence-electron chi connectivity index (χ1n) is 6.11. The van der Waals surface area contributed by atoms with Gasteiger partial charge in [-0.1, -0.05) is 24.9 Å². The zero-order valence-corrected chi connectivity index (χ0v) is 10.4. The van der Waals surface area contributed by atoms with E-state index in [2.05, 4.69) is 19.0 Å². The summed E-state index contributed by atoms with van der Waals surface area (Å²) in [5, 5.41) is 4.38. The zero-order valence-electron chi connectivity index (χ0n) is 10.4. The summed E-state index contributed by atoms with van der Waals surface area (Å²) in [5.74, 6) is 0.392. The Kier molecular flexibility index (Phi) is 3.97. The predicted molar refractivity (Wildman–Crippen MR) is 68.7 cm³/mol. The van der Waals surface area contributed by atoms with Crippen LogP contribution in [0.25, 0.3) is 11.0 Å².